The molecule has 2 N–H and O–H groups in total. The molecule has 0 aliphatic rings. The Hall–Kier alpha value is -4.14. The van der Waals surface area contributed by atoms with Crippen LogP contribution < -0.4 is 20.3 Å². The number of rotatable bonds is 11. The molecule has 3 amide bonds. The average molecular weight is 521 g/mol. The SMILES string of the molecule is CCC(C)(C)NC(=O)[C@H](c1ccc(OC)cc1)N(C(=O)CCC(=O)Nc1cc(C)on1)c1ccc(C)cc1. The van der Waals surface area contributed by atoms with Crippen LogP contribution in [0.3, 0.4) is 0 Å². The lowest BCUT2D eigenvalue weighted by atomic mass is 9.97. The van der Waals surface area contributed by atoms with Gasteiger partial charge in [0, 0.05) is 30.1 Å². The molecule has 3 rings (SSSR count). The first-order chi connectivity index (χ1) is 18.0. The van der Waals surface area contributed by atoms with Crippen LogP contribution in [-0.2, 0) is 14.4 Å². The van der Waals surface area contributed by atoms with Crippen molar-refractivity contribution in [2.75, 3.05) is 17.3 Å². The summed E-state index contributed by atoms with van der Waals surface area (Å²) in [6.45, 7) is 9.52. The zero-order chi connectivity index (χ0) is 27.9. The summed E-state index contributed by atoms with van der Waals surface area (Å²) in [5.74, 6) is 0.407. The molecule has 1 atom stereocenters. The van der Waals surface area contributed by atoms with Crippen LogP contribution in [0, 0.1) is 13.8 Å². The van der Waals surface area contributed by atoms with Gasteiger partial charge in [0.15, 0.2) is 5.82 Å². The molecular weight excluding hydrogens is 484 g/mol. The van der Waals surface area contributed by atoms with Crippen LogP contribution in [0.25, 0.3) is 0 Å². The molecule has 9 nitrogen and oxygen atoms in total. The quantitative estimate of drug-likeness (QED) is 0.364. The number of aromatic nitrogens is 1. The lowest BCUT2D eigenvalue weighted by Gasteiger charge is -2.34. The van der Waals surface area contributed by atoms with E-state index in [1.54, 1.807) is 56.5 Å². The lowest BCUT2D eigenvalue weighted by molar-refractivity contribution is -0.128. The number of anilines is 2. The molecule has 0 fully saturated rings. The van der Waals surface area contributed by atoms with E-state index in [4.69, 9.17) is 9.26 Å². The van der Waals surface area contributed by atoms with E-state index in [1.165, 1.54) is 4.90 Å². The largest absolute Gasteiger partial charge is 0.497 e. The summed E-state index contributed by atoms with van der Waals surface area (Å²) in [6, 6.07) is 15.1. The summed E-state index contributed by atoms with van der Waals surface area (Å²) in [6.07, 6.45) is 0.492. The van der Waals surface area contributed by atoms with E-state index in [1.807, 2.05) is 39.8 Å². The number of methoxy groups -OCH3 is 1. The van der Waals surface area contributed by atoms with Gasteiger partial charge < -0.3 is 19.9 Å². The van der Waals surface area contributed by atoms with Crippen molar-refractivity contribution in [3.05, 3.63) is 71.5 Å². The highest BCUT2D eigenvalue weighted by Crippen LogP contribution is 2.31. The van der Waals surface area contributed by atoms with E-state index in [-0.39, 0.29) is 36.4 Å². The molecule has 0 saturated carbocycles. The van der Waals surface area contributed by atoms with Crippen molar-refractivity contribution < 1.29 is 23.6 Å². The molecule has 0 bridgehead atoms. The van der Waals surface area contributed by atoms with Crippen molar-refractivity contribution in [2.45, 2.75) is 65.5 Å². The molecule has 202 valence electrons. The van der Waals surface area contributed by atoms with Crippen LogP contribution in [-0.4, -0.2) is 35.5 Å². The van der Waals surface area contributed by atoms with Crippen molar-refractivity contribution in [3.63, 3.8) is 0 Å². The van der Waals surface area contributed by atoms with E-state index in [0.29, 0.717) is 29.2 Å². The summed E-state index contributed by atoms with van der Waals surface area (Å²) >= 11 is 0. The number of amides is 3. The normalized spacial score (nSPS) is 11.9. The first-order valence-electron chi connectivity index (χ1n) is 12.6. The number of carbonyl (C=O) groups excluding carboxylic acids is 3. The van der Waals surface area contributed by atoms with Crippen LogP contribution in [0.2, 0.25) is 0 Å². The molecule has 0 unspecified atom stereocenters. The van der Waals surface area contributed by atoms with Gasteiger partial charge in [-0.05, 0) is 63.9 Å². The molecule has 38 heavy (non-hydrogen) atoms. The molecule has 3 aromatic rings. The number of hydrogen-bond donors (Lipinski definition) is 2. The van der Waals surface area contributed by atoms with E-state index in [0.717, 1.165) is 5.56 Å². The van der Waals surface area contributed by atoms with E-state index < -0.39 is 11.6 Å². The third kappa shape index (κ3) is 7.44. The monoisotopic (exact) mass is 520 g/mol. The summed E-state index contributed by atoms with van der Waals surface area (Å²) in [7, 11) is 1.57. The predicted octanol–water partition coefficient (Wildman–Crippen LogP) is 5.10. The zero-order valence-electron chi connectivity index (χ0n) is 22.8. The van der Waals surface area contributed by atoms with Crippen LogP contribution in [0.5, 0.6) is 5.75 Å². The van der Waals surface area contributed by atoms with Gasteiger partial charge in [-0.2, -0.15) is 0 Å². The van der Waals surface area contributed by atoms with Gasteiger partial charge in [0.25, 0.3) is 0 Å². The summed E-state index contributed by atoms with van der Waals surface area (Å²) in [4.78, 5) is 41.6. The third-order valence-electron chi connectivity index (χ3n) is 6.33. The molecule has 0 spiro atoms. The second-order valence-electron chi connectivity index (χ2n) is 9.87. The predicted molar refractivity (Wildman–Crippen MR) is 146 cm³/mol. The summed E-state index contributed by atoms with van der Waals surface area (Å²) < 4.78 is 10.3. The van der Waals surface area contributed by atoms with Crippen LogP contribution in [0.1, 0.15) is 63.0 Å². The first-order valence-corrected chi connectivity index (χ1v) is 12.6. The van der Waals surface area contributed by atoms with Gasteiger partial charge in [0.1, 0.15) is 17.6 Å². The van der Waals surface area contributed by atoms with Crippen molar-refractivity contribution in [2.24, 2.45) is 0 Å². The Balaban J connectivity index is 1.96. The van der Waals surface area contributed by atoms with Gasteiger partial charge in [-0.15, -0.1) is 0 Å². The minimum Gasteiger partial charge on any atom is -0.497 e. The highest BCUT2D eigenvalue weighted by Gasteiger charge is 2.35. The number of hydrogen-bond acceptors (Lipinski definition) is 6. The lowest BCUT2D eigenvalue weighted by Crippen LogP contribution is -2.50. The second-order valence-corrected chi connectivity index (χ2v) is 9.87. The molecule has 0 aliphatic carbocycles. The number of carbonyl (C=O) groups is 3. The van der Waals surface area contributed by atoms with Crippen LogP contribution >= 0.6 is 0 Å². The average Bonchev–Trinajstić information content (AvgIpc) is 3.30. The van der Waals surface area contributed by atoms with Gasteiger partial charge in [0.2, 0.25) is 17.7 Å². The minimum absolute atomic E-state index is 0.0928. The van der Waals surface area contributed by atoms with Crippen molar-refractivity contribution in [1.29, 1.82) is 0 Å². The van der Waals surface area contributed by atoms with Gasteiger partial charge in [0.05, 0.1) is 7.11 Å². The number of nitrogens with one attached hydrogen (secondary N) is 2. The number of nitrogens with zero attached hydrogens (tertiary/aromatic N) is 2. The molecule has 0 radical (unpaired) electrons. The Bertz CT molecular complexity index is 1250. The van der Waals surface area contributed by atoms with Gasteiger partial charge in [-0.25, -0.2) is 0 Å². The highest BCUT2D eigenvalue weighted by molar-refractivity contribution is 6.03. The molecule has 1 heterocycles. The fourth-order valence-electron chi connectivity index (χ4n) is 3.81. The molecular formula is C29H36N4O5. The third-order valence-corrected chi connectivity index (χ3v) is 6.33. The Labute approximate surface area is 223 Å². The Morgan fingerprint density at radius 2 is 1.68 bits per heavy atom. The van der Waals surface area contributed by atoms with Crippen molar-refractivity contribution >= 4 is 29.2 Å². The van der Waals surface area contributed by atoms with Gasteiger partial charge >= 0.3 is 0 Å². The van der Waals surface area contributed by atoms with Gasteiger partial charge in [-0.3, -0.25) is 19.3 Å². The first kappa shape index (κ1) is 28.4. The maximum absolute atomic E-state index is 13.8. The van der Waals surface area contributed by atoms with Crippen molar-refractivity contribution in [1.82, 2.24) is 10.5 Å². The maximum atomic E-state index is 13.8. The molecule has 0 saturated heterocycles. The Morgan fingerprint density at radius 1 is 1.03 bits per heavy atom. The second kappa shape index (κ2) is 12.4. The van der Waals surface area contributed by atoms with E-state index in [9.17, 15) is 14.4 Å². The molecule has 9 heteroatoms. The maximum Gasteiger partial charge on any atom is 0.248 e. The van der Waals surface area contributed by atoms with E-state index in [2.05, 4.69) is 15.8 Å². The minimum atomic E-state index is -0.969. The fraction of sp³-hybridized carbons (Fsp3) is 0.379. The van der Waals surface area contributed by atoms with E-state index >= 15 is 0 Å². The summed E-state index contributed by atoms with van der Waals surface area (Å²) in [5, 5.41) is 9.47. The molecule has 2 aromatic carbocycles. The smallest absolute Gasteiger partial charge is 0.248 e. The zero-order valence-corrected chi connectivity index (χ0v) is 22.8. The fourth-order valence-corrected chi connectivity index (χ4v) is 3.81. The summed E-state index contributed by atoms with van der Waals surface area (Å²) in [5.41, 5.74) is 1.70. The topological polar surface area (TPSA) is 114 Å². The van der Waals surface area contributed by atoms with Crippen molar-refractivity contribution in [3.8, 4) is 5.75 Å². The van der Waals surface area contributed by atoms with Crippen LogP contribution in [0.15, 0.2) is 59.1 Å². The van der Waals surface area contributed by atoms with Crippen LogP contribution in [0.4, 0.5) is 11.5 Å². The Kier molecular flexibility index (Phi) is 9.28. The number of aryl methyl sites for hydroxylation is 2. The number of benzene rings is 2. The van der Waals surface area contributed by atoms with Gasteiger partial charge in [-0.1, -0.05) is 41.9 Å². The Morgan fingerprint density at radius 3 is 2.24 bits per heavy atom. The number of ether oxygens (including phenoxy) is 1. The molecule has 0 aliphatic heterocycles. The highest BCUT2D eigenvalue weighted by atomic mass is 16.5. The molecule has 1 aromatic heterocycles. The standard InChI is InChI=1S/C29H36N4O5/c1-7-29(4,5)31-28(36)27(21-10-14-23(37-6)15-11-21)33(22-12-8-19(2)9-13-22)26(35)17-16-25(34)30-24-18-20(3)38-32-24/h8-15,18,27H,7,16-17H2,1-6H3,(H,31,36)(H,30,32,34)/t27-/m0/s1.